The number of carbonyl (C=O) groups is 1. The molecule has 0 saturated heterocycles. The first-order valence-corrected chi connectivity index (χ1v) is 4.78. The van der Waals surface area contributed by atoms with Gasteiger partial charge < -0.3 is 14.9 Å². The molecule has 1 saturated carbocycles. The maximum atomic E-state index is 11.6. The van der Waals surface area contributed by atoms with Crippen molar-refractivity contribution in [1.82, 2.24) is 0 Å². The summed E-state index contributed by atoms with van der Waals surface area (Å²) >= 11 is 0. The van der Waals surface area contributed by atoms with E-state index in [2.05, 4.69) is 4.74 Å². The molecule has 0 aromatic heterocycles. The maximum absolute atomic E-state index is 11.6. The largest absolute Gasteiger partial charge is 1.00 e. The molecule has 3 unspecified atom stereocenters. The van der Waals surface area contributed by atoms with E-state index in [4.69, 9.17) is 0 Å². The number of methoxy groups -OCH3 is 1. The summed E-state index contributed by atoms with van der Waals surface area (Å²) in [6.07, 6.45) is -1.56. The van der Waals surface area contributed by atoms with E-state index in [1.807, 2.05) is 0 Å². The average Bonchev–Trinajstić information content (AvgIpc) is 1.99. The van der Waals surface area contributed by atoms with E-state index >= 15 is 0 Å². The zero-order valence-electron chi connectivity index (χ0n) is 10.8. The van der Waals surface area contributed by atoms with E-state index in [0.29, 0.717) is 6.42 Å². The van der Waals surface area contributed by atoms with Gasteiger partial charge in [0.2, 0.25) is 0 Å². The molecule has 0 amide bonds. The van der Waals surface area contributed by atoms with E-state index in [1.165, 1.54) is 7.11 Å². The average molecular weight is 278 g/mol. The Morgan fingerprint density at radius 2 is 1.81 bits per heavy atom. The van der Waals surface area contributed by atoms with Crippen molar-refractivity contribution in [3.05, 3.63) is 0 Å². The molecule has 0 aliphatic heterocycles. The summed E-state index contributed by atoms with van der Waals surface area (Å²) in [6.45, 7) is 3.56. The molecule has 3 atom stereocenters. The first kappa shape index (κ1) is 21.0. The second kappa shape index (κ2) is 8.76. The van der Waals surface area contributed by atoms with E-state index in [9.17, 15) is 15.0 Å². The van der Waals surface area contributed by atoms with Crippen molar-refractivity contribution < 1.29 is 123 Å². The van der Waals surface area contributed by atoms with Crippen molar-refractivity contribution in [2.75, 3.05) is 7.11 Å². The Morgan fingerprint density at radius 3 is 2.19 bits per heavy atom. The third-order valence-corrected chi connectivity index (χ3v) is 2.92. The molecule has 1 fully saturated rings. The summed E-state index contributed by atoms with van der Waals surface area (Å²) in [6, 6.07) is 0. The van der Waals surface area contributed by atoms with E-state index in [1.54, 1.807) is 13.8 Å². The minimum atomic E-state index is -1.12. The van der Waals surface area contributed by atoms with Crippen LogP contribution in [-0.4, -0.2) is 25.3 Å². The Kier molecular flexibility index (Phi) is 11.5. The van der Waals surface area contributed by atoms with Crippen LogP contribution in [0.4, 0.5) is 0 Å². The van der Waals surface area contributed by atoms with Crippen LogP contribution < -0.4 is 113 Å². The predicted octanol–water partition coefficient (Wildman–Crippen LogP) is -6.94. The van der Waals surface area contributed by atoms with Crippen LogP contribution in [0.25, 0.3) is 0 Å². The minimum absolute atomic E-state index is 0. The molecule has 16 heavy (non-hydrogen) atoms. The van der Waals surface area contributed by atoms with Gasteiger partial charge in [-0.2, -0.15) is 0 Å². The second-order valence-electron chi connectivity index (χ2n) is 4.59. The Morgan fingerprint density at radius 1 is 1.31 bits per heavy atom. The second-order valence-corrected chi connectivity index (χ2v) is 4.59. The summed E-state index contributed by atoms with van der Waals surface area (Å²) in [7, 11) is 1.27. The Hall–Kier alpha value is 2.66. The molecule has 0 bridgehead atoms. The fourth-order valence-electron chi connectivity index (χ4n) is 2.29. The zero-order chi connectivity index (χ0) is 10.9. The van der Waals surface area contributed by atoms with E-state index < -0.39 is 29.5 Å². The number of hydrogen-bond donors (Lipinski definition) is 0. The molecule has 0 N–H and O–H groups in total. The molecular weight excluding hydrogens is 262 g/mol. The zero-order valence-corrected chi connectivity index (χ0v) is 17.0. The third kappa shape index (κ3) is 5.34. The van der Waals surface area contributed by atoms with Crippen LogP contribution in [0.15, 0.2) is 0 Å². The van der Waals surface area contributed by atoms with Crippen LogP contribution >= 0.6 is 0 Å². The van der Waals surface area contributed by atoms with Crippen molar-refractivity contribution in [2.45, 2.75) is 38.9 Å². The Balaban J connectivity index is 0. The Bertz CT molecular complexity index is 233. The summed E-state index contributed by atoms with van der Waals surface area (Å²) < 4.78 is 4.59. The predicted molar refractivity (Wildman–Crippen MR) is 46.1 cm³/mol. The van der Waals surface area contributed by atoms with Gasteiger partial charge in [0.25, 0.3) is 0 Å². The van der Waals surface area contributed by atoms with Crippen molar-refractivity contribution in [3.8, 4) is 0 Å². The quantitative estimate of drug-likeness (QED) is 0.353. The molecule has 1 aliphatic rings. The van der Waals surface area contributed by atoms with Gasteiger partial charge in [0, 0.05) is 5.92 Å². The SMILES string of the molecule is COC(=O)C1C([O-])CC([O-])CC1(C)C.[K+].[K+]. The molecule has 82 valence electrons. The smallest absolute Gasteiger partial charge is 0.852 e. The molecule has 0 spiro atoms. The molecule has 1 rings (SSSR count). The third-order valence-electron chi connectivity index (χ3n) is 2.92. The number of ether oxygens (including phenoxy) is 1. The van der Waals surface area contributed by atoms with Crippen molar-refractivity contribution in [3.63, 3.8) is 0 Å². The van der Waals surface area contributed by atoms with Crippen LogP contribution in [0.3, 0.4) is 0 Å². The van der Waals surface area contributed by atoms with Gasteiger partial charge in [0.15, 0.2) is 0 Å². The molecular formula is C10H16K2O4. The summed E-state index contributed by atoms with van der Waals surface area (Å²) in [4.78, 5) is 11.4. The number of esters is 1. The van der Waals surface area contributed by atoms with Crippen LogP contribution in [0.2, 0.25) is 0 Å². The van der Waals surface area contributed by atoms with Crippen molar-refractivity contribution >= 4 is 5.97 Å². The van der Waals surface area contributed by atoms with Crippen molar-refractivity contribution in [2.24, 2.45) is 11.3 Å². The molecule has 1 aliphatic carbocycles. The maximum Gasteiger partial charge on any atom is 1.00 e. The van der Waals surface area contributed by atoms with Gasteiger partial charge in [0.1, 0.15) is 0 Å². The molecule has 0 heterocycles. The summed E-state index contributed by atoms with van der Waals surface area (Å²) in [5, 5.41) is 22.9. The standard InChI is InChI=1S/C10H16O4.2K/c1-10(2)5-6(11)4-7(12)8(10)9(13)14-3;;/h6-8H,4-5H2,1-3H3;;/q-2;2*+1. The summed E-state index contributed by atoms with van der Waals surface area (Å²) in [5.41, 5.74) is -0.538. The fraction of sp³-hybridized carbons (Fsp3) is 0.900. The normalized spacial score (nSPS) is 31.9. The monoisotopic (exact) mass is 278 g/mol. The van der Waals surface area contributed by atoms with Gasteiger partial charge in [-0.15, -0.1) is 12.2 Å². The Labute approximate surface area is 182 Å². The van der Waals surface area contributed by atoms with Gasteiger partial charge in [-0.3, -0.25) is 4.79 Å². The number of hydrogen-bond acceptors (Lipinski definition) is 4. The molecule has 0 radical (unpaired) electrons. The first-order chi connectivity index (χ1) is 6.38. The van der Waals surface area contributed by atoms with Crippen molar-refractivity contribution in [1.29, 1.82) is 0 Å². The van der Waals surface area contributed by atoms with Crippen LogP contribution in [0.1, 0.15) is 26.7 Å². The van der Waals surface area contributed by atoms with E-state index in [-0.39, 0.29) is 109 Å². The number of rotatable bonds is 1. The van der Waals surface area contributed by atoms with Gasteiger partial charge in [-0.25, -0.2) is 0 Å². The van der Waals surface area contributed by atoms with Gasteiger partial charge >= 0.3 is 109 Å². The van der Waals surface area contributed by atoms with Crippen LogP contribution in [-0.2, 0) is 9.53 Å². The van der Waals surface area contributed by atoms with Crippen LogP contribution in [0, 0.1) is 11.3 Å². The van der Waals surface area contributed by atoms with Gasteiger partial charge in [0.05, 0.1) is 7.11 Å². The molecule has 0 aromatic rings. The van der Waals surface area contributed by atoms with Gasteiger partial charge in [-0.05, 0) is 5.41 Å². The van der Waals surface area contributed by atoms with E-state index in [0.717, 1.165) is 0 Å². The molecule has 0 aromatic carbocycles. The minimum Gasteiger partial charge on any atom is -0.852 e. The summed E-state index contributed by atoms with van der Waals surface area (Å²) in [5.74, 6) is -1.17. The van der Waals surface area contributed by atoms with Crippen LogP contribution in [0.5, 0.6) is 0 Å². The number of carbonyl (C=O) groups excluding carboxylic acids is 1. The van der Waals surface area contributed by atoms with Gasteiger partial charge in [-0.1, -0.05) is 26.7 Å². The first-order valence-electron chi connectivity index (χ1n) is 4.78. The molecule has 4 nitrogen and oxygen atoms in total. The molecule has 6 heteroatoms. The fourth-order valence-corrected chi connectivity index (χ4v) is 2.29. The topological polar surface area (TPSA) is 72.4 Å².